The summed E-state index contributed by atoms with van der Waals surface area (Å²) >= 11 is 1.74. The summed E-state index contributed by atoms with van der Waals surface area (Å²) in [7, 11) is 0. The zero-order valence-electron chi connectivity index (χ0n) is 22.0. The van der Waals surface area contributed by atoms with Gasteiger partial charge < -0.3 is 24.8 Å². The van der Waals surface area contributed by atoms with Gasteiger partial charge in [0.05, 0.1) is 24.9 Å². The van der Waals surface area contributed by atoms with Crippen LogP contribution in [0.5, 0.6) is 5.75 Å². The topological polar surface area (TPSA) is 159 Å². The second-order valence-corrected chi connectivity index (χ2v) is 9.51. The smallest absolute Gasteiger partial charge is 0.489 e. The van der Waals surface area contributed by atoms with E-state index in [0.29, 0.717) is 18.8 Å². The number of rotatable bonds is 5. The molecule has 2 aromatic heterocycles. The standard InChI is InChI=1S/C17H21N3O2S.3C2HF3O2/c1-2-13(10-18-6-1)21-12-14-3-4-15-16(22-14)5-8-20(15)11-17-19-7-9-23-17;3*3-2(4,5)1(6)7/h1-2,6-7,9-10,14-16H,3-5,8,11-12H2;3*(H,6,7)/t14-,15-,16-;;;/m0.../s1. The molecular weight excluding hydrogens is 649 g/mol. The molecule has 0 spiro atoms. The molecule has 3 atom stereocenters. The van der Waals surface area contributed by atoms with E-state index in [1.165, 1.54) is 11.4 Å². The Morgan fingerprint density at radius 2 is 1.45 bits per heavy atom. The van der Waals surface area contributed by atoms with E-state index < -0.39 is 36.4 Å². The molecule has 44 heavy (non-hydrogen) atoms. The van der Waals surface area contributed by atoms with Crippen LogP contribution in [0.4, 0.5) is 39.5 Å². The van der Waals surface area contributed by atoms with Gasteiger partial charge >= 0.3 is 36.4 Å². The Morgan fingerprint density at radius 1 is 0.909 bits per heavy atom. The van der Waals surface area contributed by atoms with Gasteiger partial charge in [0, 0.05) is 30.4 Å². The number of carboxylic acid groups (broad SMARTS) is 3. The Morgan fingerprint density at radius 3 is 1.89 bits per heavy atom. The number of fused-ring (bicyclic) bond motifs is 1. The maximum absolute atomic E-state index is 10.6. The Kier molecular flexibility index (Phi) is 14.8. The van der Waals surface area contributed by atoms with Gasteiger partial charge in [-0.15, -0.1) is 11.3 Å². The normalized spacial score (nSPS) is 19.9. The second kappa shape index (κ2) is 16.9. The molecule has 0 saturated carbocycles. The Labute approximate surface area is 245 Å². The molecule has 21 heteroatoms. The number of aliphatic carboxylic acids is 3. The largest absolute Gasteiger partial charge is 0.490 e. The van der Waals surface area contributed by atoms with Crippen molar-refractivity contribution in [1.82, 2.24) is 14.9 Å². The quantitative estimate of drug-likeness (QED) is 0.380. The molecule has 4 heterocycles. The molecule has 3 N–H and O–H groups in total. The summed E-state index contributed by atoms with van der Waals surface area (Å²) in [5.74, 6) is -7.46. The highest BCUT2D eigenvalue weighted by atomic mass is 32.1. The summed E-state index contributed by atoms with van der Waals surface area (Å²) in [5, 5.41) is 24.6. The summed E-state index contributed by atoms with van der Waals surface area (Å²) in [5.41, 5.74) is 0. The van der Waals surface area contributed by atoms with E-state index in [1.54, 1.807) is 23.7 Å². The highest BCUT2D eigenvalue weighted by Gasteiger charge is 2.41. The first kappa shape index (κ1) is 38.3. The monoisotopic (exact) mass is 673 g/mol. The van der Waals surface area contributed by atoms with E-state index in [2.05, 4.69) is 14.9 Å². The third-order valence-electron chi connectivity index (χ3n) is 5.37. The zero-order valence-corrected chi connectivity index (χ0v) is 22.8. The lowest BCUT2D eigenvalue weighted by Gasteiger charge is -2.35. The Balaban J connectivity index is 0.000000379. The molecule has 11 nitrogen and oxygen atoms in total. The van der Waals surface area contributed by atoms with Crippen LogP contribution in [-0.2, 0) is 25.7 Å². The van der Waals surface area contributed by atoms with E-state index in [9.17, 15) is 39.5 Å². The highest BCUT2D eigenvalue weighted by Crippen LogP contribution is 2.33. The van der Waals surface area contributed by atoms with Crippen molar-refractivity contribution >= 4 is 29.2 Å². The molecule has 0 amide bonds. The van der Waals surface area contributed by atoms with Crippen molar-refractivity contribution in [3.8, 4) is 5.75 Å². The SMILES string of the molecule is O=C(O)C(F)(F)F.O=C(O)C(F)(F)F.O=C(O)C(F)(F)F.c1cncc(OC[C@@H]2CC[C@H]3[C@H](CCN3Cc3nccs3)O2)c1. The molecule has 0 radical (unpaired) electrons. The lowest BCUT2D eigenvalue weighted by molar-refractivity contribution is -0.193. The van der Waals surface area contributed by atoms with Crippen molar-refractivity contribution in [1.29, 1.82) is 0 Å². The van der Waals surface area contributed by atoms with Crippen molar-refractivity contribution in [2.24, 2.45) is 0 Å². The number of pyridine rings is 1. The first-order valence-electron chi connectivity index (χ1n) is 11.9. The van der Waals surface area contributed by atoms with Gasteiger partial charge in [-0.05, 0) is 31.4 Å². The maximum Gasteiger partial charge on any atom is 0.490 e. The predicted octanol–water partition coefficient (Wildman–Crippen LogP) is 4.64. The molecule has 0 aromatic carbocycles. The number of carboxylic acids is 3. The number of nitrogens with zero attached hydrogens (tertiary/aromatic N) is 3. The molecule has 0 unspecified atom stereocenters. The number of halogens is 9. The van der Waals surface area contributed by atoms with Crippen molar-refractivity contribution in [3.05, 3.63) is 41.1 Å². The van der Waals surface area contributed by atoms with Crippen LogP contribution in [-0.4, -0.2) is 98.0 Å². The molecule has 2 aromatic rings. The second-order valence-electron chi connectivity index (χ2n) is 8.53. The molecule has 2 fully saturated rings. The Bertz CT molecular complexity index is 1110. The minimum absolute atomic E-state index is 0.191. The summed E-state index contributed by atoms with van der Waals surface area (Å²) in [6, 6.07) is 4.36. The maximum atomic E-state index is 10.6. The van der Waals surface area contributed by atoms with Crippen LogP contribution in [0.25, 0.3) is 0 Å². The third-order valence-corrected chi connectivity index (χ3v) is 6.13. The average molecular weight is 674 g/mol. The van der Waals surface area contributed by atoms with Gasteiger partial charge in [-0.25, -0.2) is 19.4 Å². The fourth-order valence-corrected chi connectivity index (χ4v) is 4.17. The molecular formula is C23H24F9N3O8S. The van der Waals surface area contributed by atoms with E-state index >= 15 is 0 Å². The van der Waals surface area contributed by atoms with E-state index in [4.69, 9.17) is 39.2 Å². The molecule has 0 aliphatic carbocycles. The van der Waals surface area contributed by atoms with Gasteiger partial charge in [0.1, 0.15) is 17.4 Å². The van der Waals surface area contributed by atoms with Gasteiger partial charge in [0.2, 0.25) is 0 Å². The van der Waals surface area contributed by atoms with Gasteiger partial charge in [-0.3, -0.25) is 9.88 Å². The van der Waals surface area contributed by atoms with Crippen LogP contribution >= 0.6 is 11.3 Å². The summed E-state index contributed by atoms with van der Waals surface area (Å²) in [6.07, 6.45) is -5.99. The van der Waals surface area contributed by atoms with Crippen LogP contribution in [0.3, 0.4) is 0 Å². The van der Waals surface area contributed by atoms with Crippen LogP contribution in [0, 0.1) is 0 Å². The zero-order chi connectivity index (χ0) is 33.7. The minimum atomic E-state index is -5.08. The number of alkyl halides is 9. The van der Waals surface area contributed by atoms with Gasteiger partial charge in [-0.2, -0.15) is 39.5 Å². The van der Waals surface area contributed by atoms with E-state index in [-0.39, 0.29) is 6.10 Å². The van der Waals surface area contributed by atoms with Crippen molar-refractivity contribution in [3.63, 3.8) is 0 Å². The number of ether oxygens (including phenoxy) is 2. The minimum Gasteiger partial charge on any atom is -0.489 e. The van der Waals surface area contributed by atoms with E-state index in [1.807, 2.05) is 23.7 Å². The van der Waals surface area contributed by atoms with Crippen LogP contribution in [0.1, 0.15) is 24.3 Å². The first-order valence-corrected chi connectivity index (χ1v) is 12.8. The van der Waals surface area contributed by atoms with Crippen LogP contribution in [0.2, 0.25) is 0 Å². The van der Waals surface area contributed by atoms with Crippen molar-refractivity contribution < 1.29 is 78.7 Å². The number of hydrogen-bond donors (Lipinski definition) is 3. The average Bonchev–Trinajstić information content (AvgIpc) is 3.58. The number of carbonyl (C=O) groups is 3. The van der Waals surface area contributed by atoms with Crippen molar-refractivity contribution in [2.75, 3.05) is 13.2 Å². The Hall–Kier alpha value is -3.72. The number of thiazole rings is 1. The molecule has 0 bridgehead atoms. The van der Waals surface area contributed by atoms with E-state index in [0.717, 1.165) is 31.7 Å². The molecule has 2 aliphatic rings. The third kappa shape index (κ3) is 14.6. The van der Waals surface area contributed by atoms with Gasteiger partial charge in [0.15, 0.2) is 0 Å². The summed E-state index contributed by atoms with van der Waals surface area (Å²) in [6.45, 7) is 2.67. The highest BCUT2D eigenvalue weighted by molar-refractivity contribution is 7.09. The number of aromatic nitrogens is 2. The predicted molar refractivity (Wildman–Crippen MR) is 130 cm³/mol. The number of likely N-dealkylation sites (tertiary alicyclic amines) is 1. The van der Waals surface area contributed by atoms with Crippen molar-refractivity contribution in [2.45, 2.75) is 62.6 Å². The molecule has 2 saturated heterocycles. The summed E-state index contributed by atoms with van der Waals surface area (Å²) < 4.78 is 107. The molecule has 248 valence electrons. The van der Waals surface area contributed by atoms with Gasteiger partial charge in [-0.1, -0.05) is 0 Å². The first-order chi connectivity index (χ1) is 20.2. The lowest BCUT2D eigenvalue weighted by Crippen LogP contribution is -2.43. The summed E-state index contributed by atoms with van der Waals surface area (Å²) in [4.78, 5) is 37.7. The van der Waals surface area contributed by atoms with Crippen LogP contribution < -0.4 is 4.74 Å². The number of hydrogen-bond acceptors (Lipinski definition) is 9. The van der Waals surface area contributed by atoms with Crippen LogP contribution in [0.15, 0.2) is 36.1 Å². The molecule has 4 rings (SSSR count). The fraction of sp³-hybridized carbons (Fsp3) is 0.522. The lowest BCUT2D eigenvalue weighted by atomic mass is 9.99. The van der Waals surface area contributed by atoms with Gasteiger partial charge in [0.25, 0.3) is 0 Å². The fourth-order valence-electron chi connectivity index (χ4n) is 3.53. The molecule has 2 aliphatic heterocycles.